The van der Waals surface area contributed by atoms with E-state index in [2.05, 4.69) is 89.1 Å². The summed E-state index contributed by atoms with van der Waals surface area (Å²) in [4.78, 5) is 2.59. The first kappa shape index (κ1) is 20.5. The van der Waals surface area contributed by atoms with E-state index in [1.165, 1.54) is 16.7 Å². The smallest absolute Gasteiger partial charge is 0.118 e. The standard InChI is InChI=1S/C26H30N2O2/c1-29-24-12-8-21(9-13-24)26(22-10-14-25(30-2)15-11-22)28-17-16-27-23(19-28)18-20-6-4-3-5-7-20/h3-15,23,26-27H,16-19H2,1-2H3. The van der Waals surface area contributed by atoms with E-state index in [4.69, 9.17) is 9.47 Å². The summed E-state index contributed by atoms with van der Waals surface area (Å²) in [6.45, 7) is 2.99. The average molecular weight is 403 g/mol. The molecule has 4 rings (SSSR count). The van der Waals surface area contributed by atoms with Crippen LogP contribution in [0.2, 0.25) is 0 Å². The van der Waals surface area contributed by atoms with Crippen molar-refractivity contribution in [2.24, 2.45) is 0 Å². The van der Waals surface area contributed by atoms with E-state index in [0.29, 0.717) is 6.04 Å². The maximum atomic E-state index is 5.37. The van der Waals surface area contributed by atoms with Crippen molar-refractivity contribution in [3.63, 3.8) is 0 Å². The summed E-state index contributed by atoms with van der Waals surface area (Å²) in [7, 11) is 3.42. The van der Waals surface area contributed by atoms with Gasteiger partial charge in [0, 0.05) is 25.7 Å². The highest BCUT2D eigenvalue weighted by Crippen LogP contribution is 2.32. The van der Waals surface area contributed by atoms with Gasteiger partial charge in [-0.3, -0.25) is 4.90 Å². The Hall–Kier alpha value is -2.82. The van der Waals surface area contributed by atoms with Crippen LogP contribution in [0.1, 0.15) is 22.7 Å². The summed E-state index contributed by atoms with van der Waals surface area (Å²) < 4.78 is 10.7. The van der Waals surface area contributed by atoms with Gasteiger partial charge in [0.15, 0.2) is 0 Å². The summed E-state index contributed by atoms with van der Waals surface area (Å²) >= 11 is 0. The van der Waals surface area contributed by atoms with Crippen LogP contribution in [0.5, 0.6) is 11.5 Å². The Labute approximate surface area is 179 Å². The number of ether oxygens (including phenoxy) is 2. The third-order valence-electron chi connectivity index (χ3n) is 5.84. The van der Waals surface area contributed by atoms with E-state index in [-0.39, 0.29) is 6.04 Å². The van der Waals surface area contributed by atoms with E-state index in [1.807, 2.05) is 0 Å². The van der Waals surface area contributed by atoms with Crippen molar-refractivity contribution in [2.45, 2.75) is 18.5 Å². The van der Waals surface area contributed by atoms with Crippen LogP contribution in [0.15, 0.2) is 78.9 Å². The highest BCUT2D eigenvalue weighted by atomic mass is 16.5. The molecule has 1 heterocycles. The molecule has 1 aliphatic rings. The molecule has 1 atom stereocenters. The molecular weight excluding hydrogens is 372 g/mol. The van der Waals surface area contributed by atoms with Crippen LogP contribution in [0.3, 0.4) is 0 Å². The van der Waals surface area contributed by atoms with Crippen LogP contribution >= 0.6 is 0 Å². The van der Waals surface area contributed by atoms with Gasteiger partial charge in [0.25, 0.3) is 0 Å². The molecule has 1 unspecified atom stereocenters. The average Bonchev–Trinajstić information content (AvgIpc) is 2.81. The van der Waals surface area contributed by atoms with Crippen molar-refractivity contribution >= 4 is 0 Å². The first-order chi connectivity index (χ1) is 14.8. The van der Waals surface area contributed by atoms with E-state index >= 15 is 0 Å². The highest BCUT2D eigenvalue weighted by Gasteiger charge is 2.28. The van der Waals surface area contributed by atoms with E-state index in [1.54, 1.807) is 14.2 Å². The normalized spacial score (nSPS) is 17.1. The molecule has 3 aromatic rings. The number of nitrogens with zero attached hydrogens (tertiary/aromatic N) is 1. The maximum absolute atomic E-state index is 5.37. The Balaban J connectivity index is 1.60. The fourth-order valence-corrected chi connectivity index (χ4v) is 4.31. The molecule has 3 aromatic carbocycles. The fraction of sp³-hybridized carbons (Fsp3) is 0.308. The second-order valence-electron chi connectivity index (χ2n) is 7.78. The zero-order valence-corrected chi connectivity index (χ0v) is 17.8. The molecule has 0 radical (unpaired) electrons. The quantitative estimate of drug-likeness (QED) is 0.639. The van der Waals surface area contributed by atoms with Crippen LogP contribution in [-0.2, 0) is 6.42 Å². The lowest BCUT2D eigenvalue weighted by molar-refractivity contribution is 0.163. The summed E-state index contributed by atoms with van der Waals surface area (Å²) in [5, 5.41) is 3.71. The van der Waals surface area contributed by atoms with Crippen molar-refractivity contribution in [2.75, 3.05) is 33.9 Å². The Morgan fingerprint density at radius 3 is 1.93 bits per heavy atom. The lowest BCUT2D eigenvalue weighted by Gasteiger charge is -2.39. The third kappa shape index (κ3) is 4.84. The molecule has 0 spiro atoms. The number of piperazine rings is 1. The zero-order valence-electron chi connectivity index (χ0n) is 17.8. The van der Waals surface area contributed by atoms with E-state index in [9.17, 15) is 0 Å². The second kappa shape index (κ2) is 9.79. The number of nitrogens with one attached hydrogen (secondary N) is 1. The molecule has 0 bridgehead atoms. The zero-order chi connectivity index (χ0) is 20.8. The number of benzene rings is 3. The summed E-state index contributed by atoms with van der Waals surface area (Å²) in [5.74, 6) is 1.77. The predicted octanol–water partition coefficient (Wildman–Crippen LogP) is 4.31. The number of hydrogen-bond acceptors (Lipinski definition) is 4. The van der Waals surface area contributed by atoms with Crippen LogP contribution < -0.4 is 14.8 Å². The van der Waals surface area contributed by atoms with Crippen LogP contribution in [0, 0.1) is 0 Å². The minimum Gasteiger partial charge on any atom is -0.497 e. The van der Waals surface area contributed by atoms with Gasteiger partial charge in [-0.15, -0.1) is 0 Å². The topological polar surface area (TPSA) is 33.7 Å². The fourth-order valence-electron chi connectivity index (χ4n) is 4.31. The molecule has 1 saturated heterocycles. The number of hydrogen-bond donors (Lipinski definition) is 1. The molecule has 0 aromatic heterocycles. The Morgan fingerprint density at radius 2 is 1.40 bits per heavy atom. The Bertz CT molecular complexity index is 863. The molecule has 0 saturated carbocycles. The van der Waals surface area contributed by atoms with E-state index < -0.39 is 0 Å². The van der Waals surface area contributed by atoms with Crippen molar-refractivity contribution < 1.29 is 9.47 Å². The molecule has 0 aliphatic carbocycles. The lowest BCUT2D eigenvalue weighted by atomic mass is 9.94. The van der Waals surface area contributed by atoms with Gasteiger partial charge in [0.1, 0.15) is 11.5 Å². The predicted molar refractivity (Wildman–Crippen MR) is 121 cm³/mol. The van der Waals surface area contributed by atoms with Gasteiger partial charge >= 0.3 is 0 Å². The molecule has 156 valence electrons. The Morgan fingerprint density at radius 1 is 0.833 bits per heavy atom. The third-order valence-corrected chi connectivity index (χ3v) is 5.84. The molecule has 30 heavy (non-hydrogen) atoms. The number of rotatable bonds is 7. The van der Waals surface area contributed by atoms with Gasteiger partial charge in [0.2, 0.25) is 0 Å². The van der Waals surface area contributed by atoms with Crippen molar-refractivity contribution in [3.05, 3.63) is 95.6 Å². The second-order valence-corrected chi connectivity index (χ2v) is 7.78. The lowest BCUT2D eigenvalue weighted by Crippen LogP contribution is -2.52. The largest absolute Gasteiger partial charge is 0.497 e. The molecule has 1 aliphatic heterocycles. The monoisotopic (exact) mass is 402 g/mol. The molecular formula is C26H30N2O2. The molecule has 4 nitrogen and oxygen atoms in total. The highest BCUT2D eigenvalue weighted by molar-refractivity contribution is 5.38. The number of methoxy groups -OCH3 is 2. The molecule has 1 fully saturated rings. The molecule has 1 N–H and O–H groups in total. The van der Waals surface area contributed by atoms with Crippen molar-refractivity contribution in [3.8, 4) is 11.5 Å². The van der Waals surface area contributed by atoms with E-state index in [0.717, 1.165) is 37.6 Å². The van der Waals surface area contributed by atoms with Gasteiger partial charge in [0.05, 0.1) is 20.3 Å². The van der Waals surface area contributed by atoms with Gasteiger partial charge in [-0.25, -0.2) is 0 Å². The first-order valence-electron chi connectivity index (χ1n) is 10.6. The van der Waals surface area contributed by atoms with Gasteiger partial charge < -0.3 is 14.8 Å². The van der Waals surface area contributed by atoms with Gasteiger partial charge in [-0.1, -0.05) is 54.6 Å². The van der Waals surface area contributed by atoms with Crippen LogP contribution in [0.25, 0.3) is 0 Å². The van der Waals surface area contributed by atoms with Gasteiger partial charge in [-0.05, 0) is 47.4 Å². The van der Waals surface area contributed by atoms with Crippen LogP contribution in [-0.4, -0.2) is 44.8 Å². The minimum absolute atomic E-state index is 0.196. The first-order valence-corrected chi connectivity index (χ1v) is 10.6. The minimum atomic E-state index is 0.196. The van der Waals surface area contributed by atoms with Crippen molar-refractivity contribution in [1.82, 2.24) is 10.2 Å². The SMILES string of the molecule is COc1ccc(C(c2ccc(OC)cc2)N2CCNC(Cc3ccccc3)C2)cc1. The Kier molecular flexibility index (Phi) is 6.67. The van der Waals surface area contributed by atoms with Crippen molar-refractivity contribution in [1.29, 1.82) is 0 Å². The summed E-state index contributed by atoms with van der Waals surface area (Å²) in [6.07, 6.45) is 1.04. The van der Waals surface area contributed by atoms with Crippen LogP contribution in [0.4, 0.5) is 0 Å². The summed E-state index contributed by atoms with van der Waals surface area (Å²) in [6, 6.07) is 28.3. The molecule has 0 amide bonds. The van der Waals surface area contributed by atoms with Gasteiger partial charge in [-0.2, -0.15) is 0 Å². The maximum Gasteiger partial charge on any atom is 0.118 e. The summed E-state index contributed by atoms with van der Waals surface area (Å²) in [5.41, 5.74) is 3.94. The molecule has 4 heteroatoms.